The molecule has 0 aromatic heterocycles. The number of allylic oxidation sites excluding steroid dienone is 2. The lowest BCUT2D eigenvalue weighted by atomic mass is 10.1. The molecule has 0 atom stereocenters. The number of phenols is 1. The van der Waals surface area contributed by atoms with Crippen LogP contribution in [0.25, 0.3) is 12.2 Å². The highest BCUT2D eigenvalue weighted by Gasteiger charge is 1.92. The fourth-order valence-corrected chi connectivity index (χ4v) is 1.58. The van der Waals surface area contributed by atoms with E-state index in [1.54, 1.807) is 48.6 Å². The van der Waals surface area contributed by atoms with Crippen molar-refractivity contribution in [2.24, 2.45) is 0 Å². The number of hydrogen-bond donors (Lipinski definition) is 1. The summed E-state index contributed by atoms with van der Waals surface area (Å²) in [6.07, 6.45) is 6.22. The van der Waals surface area contributed by atoms with Gasteiger partial charge in [0.2, 0.25) is 0 Å². The van der Waals surface area contributed by atoms with Crippen LogP contribution in [0, 0.1) is 0 Å². The quantitative estimate of drug-likeness (QED) is 0.865. The van der Waals surface area contributed by atoms with E-state index in [1.807, 2.05) is 0 Å². The monoisotopic (exact) mass is 265 g/mol. The Hall–Kier alpha value is -2.81. The molecule has 20 heavy (non-hydrogen) atoms. The highest BCUT2D eigenvalue weighted by molar-refractivity contribution is 6.04. The first-order valence-electron chi connectivity index (χ1n) is 6.10. The van der Waals surface area contributed by atoms with Gasteiger partial charge in [-0.05, 0) is 35.4 Å². The van der Waals surface area contributed by atoms with E-state index in [2.05, 4.69) is 0 Å². The Balaban J connectivity index is 1.98. The van der Waals surface area contributed by atoms with E-state index in [-0.39, 0.29) is 17.3 Å². The van der Waals surface area contributed by atoms with Crippen LogP contribution in [0.5, 0.6) is 11.5 Å². The Labute approximate surface area is 117 Å². The second kappa shape index (κ2) is 6.38. The van der Waals surface area contributed by atoms with Crippen molar-refractivity contribution in [1.29, 1.82) is 0 Å². The van der Waals surface area contributed by atoms with Crippen LogP contribution < -0.4 is 5.11 Å². The lowest BCUT2D eigenvalue weighted by molar-refractivity contribution is -0.268. The number of benzene rings is 2. The van der Waals surface area contributed by atoms with Gasteiger partial charge in [0.25, 0.3) is 0 Å². The average Bonchev–Trinajstić information content (AvgIpc) is 2.46. The molecule has 0 aliphatic heterocycles. The third-order valence-electron chi connectivity index (χ3n) is 2.65. The number of carbonyl (C=O) groups is 1. The number of carbonyl (C=O) groups excluding carboxylic acids is 1. The molecule has 0 saturated carbocycles. The van der Waals surface area contributed by atoms with Crippen LogP contribution in [-0.4, -0.2) is 10.9 Å². The molecule has 100 valence electrons. The van der Waals surface area contributed by atoms with Gasteiger partial charge in [-0.15, -0.1) is 5.75 Å². The van der Waals surface area contributed by atoms with Crippen molar-refractivity contribution in [3.8, 4) is 11.5 Å². The number of rotatable bonds is 4. The second-order valence-corrected chi connectivity index (χ2v) is 4.23. The van der Waals surface area contributed by atoms with Crippen molar-refractivity contribution in [2.45, 2.75) is 0 Å². The topological polar surface area (TPSA) is 60.4 Å². The Morgan fingerprint density at radius 3 is 1.80 bits per heavy atom. The van der Waals surface area contributed by atoms with Crippen molar-refractivity contribution in [1.82, 2.24) is 0 Å². The van der Waals surface area contributed by atoms with Gasteiger partial charge in [0.15, 0.2) is 5.78 Å². The van der Waals surface area contributed by atoms with Crippen LogP contribution in [0.1, 0.15) is 11.1 Å². The Bertz CT molecular complexity index is 577. The first-order valence-corrected chi connectivity index (χ1v) is 6.10. The zero-order valence-electron chi connectivity index (χ0n) is 10.7. The Kier molecular flexibility index (Phi) is 4.35. The van der Waals surface area contributed by atoms with E-state index in [0.717, 1.165) is 11.1 Å². The molecule has 0 spiro atoms. The van der Waals surface area contributed by atoms with Crippen molar-refractivity contribution < 1.29 is 15.0 Å². The van der Waals surface area contributed by atoms with E-state index in [0.29, 0.717) is 0 Å². The van der Waals surface area contributed by atoms with E-state index < -0.39 is 0 Å². The summed E-state index contributed by atoms with van der Waals surface area (Å²) >= 11 is 0. The molecule has 0 unspecified atom stereocenters. The first-order chi connectivity index (χ1) is 9.63. The maximum absolute atomic E-state index is 11.6. The minimum Gasteiger partial charge on any atom is -0.872 e. The van der Waals surface area contributed by atoms with Gasteiger partial charge in [0.1, 0.15) is 5.75 Å². The summed E-state index contributed by atoms with van der Waals surface area (Å²) in [5.41, 5.74) is 1.64. The number of aromatic hydroxyl groups is 1. The minimum atomic E-state index is -0.149. The molecule has 2 aromatic rings. The van der Waals surface area contributed by atoms with Crippen molar-refractivity contribution in [2.75, 3.05) is 0 Å². The van der Waals surface area contributed by atoms with Crippen LogP contribution in [0.15, 0.2) is 60.7 Å². The summed E-state index contributed by atoms with van der Waals surface area (Å²) in [6, 6.07) is 12.8. The van der Waals surface area contributed by atoms with Crippen LogP contribution in [0.2, 0.25) is 0 Å². The summed E-state index contributed by atoms with van der Waals surface area (Å²) in [7, 11) is 0. The predicted molar refractivity (Wildman–Crippen MR) is 77.1 cm³/mol. The fraction of sp³-hybridized carbons (Fsp3) is 0. The van der Waals surface area contributed by atoms with Gasteiger partial charge in [-0.25, -0.2) is 0 Å². The maximum atomic E-state index is 11.6. The molecule has 0 aliphatic rings. The standard InChI is InChI=1S/C17H14O3/c18-15-7-1-13(2-8-15)5-11-17(20)12-6-14-3-9-16(19)10-4-14/h1-12,18-19H/p-1/b11-5+,12-6?. The first kappa shape index (κ1) is 13.6. The van der Waals surface area contributed by atoms with E-state index in [9.17, 15) is 9.90 Å². The van der Waals surface area contributed by atoms with Gasteiger partial charge >= 0.3 is 0 Å². The summed E-state index contributed by atoms with van der Waals surface area (Å²) < 4.78 is 0. The van der Waals surface area contributed by atoms with Crippen molar-refractivity contribution >= 4 is 17.9 Å². The highest BCUT2D eigenvalue weighted by Crippen LogP contribution is 2.11. The zero-order valence-corrected chi connectivity index (χ0v) is 10.7. The van der Waals surface area contributed by atoms with Gasteiger partial charge < -0.3 is 10.2 Å². The molecule has 1 N–H and O–H groups in total. The summed E-state index contributed by atoms with van der Waals surface area (Å²) in [6.45, 7) is 0. The smallest absolute Gasteiger partial charge is 0.178 e. The molecule has 0 saturated heterocycles. The van der Waals surface area contributed by atoms with Gasteiger partial charge in [0, 0.05) is 0 Å². The summed E-state index contributed by atoms with van der Waals surface area (Å²) in [4.78, 5) is 11.6. The molecule has 0 radical (unpaired) electrons. The van der Waals surface area contributed by atoms with Crippen LogP contribution in [-0.2, 0) is 4.79 Å². The lowest BCUT2D eigenvalue weighted by Crippen LogP contribution is -1.88. The van der Waals surface area contributed by atoms with E-state index in [4.69, 9.17) is 5.11 Å². The molecule has 2 rings (SSSR count). The molecular formula is C17H13O3-. The predicted octanol–water partition coefficient (Wildman–Crippen LogP) is 2.76. The van der Waals surface area contributed by atoms with E-state index >= 15 is 0 Å². The van der Waals surface area contributed by atoms with Crippen LogP contribution in [0.3, 0.4) is 0 Å². The maximum Gasteiger partial charge on any atom is 0.178 e. The van der Waals surface area contributed by atoms with Crippen LogP contribution in [0.4, 0.5) is 0 Å². The van der Waals surface area contributed by atoms with E-state index in [1.165, 1.54) is 24.3 Å². The van der Waals surface area contributed by atoms with Gasteiger partial charge in [0.05, 0.1) is 0 Å². The van der Waals surface area contributed by atoms with Crippen molar-refractivity contribution in [3.05, 3.63) is 71.8 Å². The summed E-state index contributed by atoms with van der Waals surface area (Å²) in [5, 5.41) is 20.1. The van der Waals surface area contributed by atoms with Gasteiger partial charge in [-0.2, -0.15) is 0 Å². The zero-order chi connectivity index (χ0) is 14.4. The van der Waals surface area contributed by atoms with Crippen molar-refractivity contribution in [3.63, 3.8) is 0 Å². The number of ketones is 1. The summed E-state index contributed by atoms with van der Waals surface area (Å²) in [5.74, 6) is -0.0137. The number of phenolic OH excluding ortho intramolecular Hbond substituents is 1. The SMILES string of the molecule is O=C(C=Cc1ccc(O)cc1)/C=C/c1ccc([O-])cc1. The molecule has 3 heteroatoms. The largest absolute Gasteiger partial charge is 0.872 e. The third-order valence-corrected chi connectivity index (χ3v) is 2.65. The third kappa shape index (κ3) is 4.14. The minimum absolute atomic E-state index is 0.0549. The van der Waals surface area contributed by atoms with Crippen LogP contribution >= 0.6 is 0 Å². The molecule has 0 heterocycles. The molecule has 0 fully saturated rings. The molecule has 2 aromatic carbocycles. The molecular weight excluding hydrogens is 252 g/mol. The molecule has 0 bridgehead atoms. The average molecular weight is 265 g/mol. The lowest BCUT2D eigenvalue weighted by Gasteiger charge is -2.02. The normalized spacial score (nSPS) is 11.2. The Morgan fingerprint density at radius 2 is 1.30 bits per heavy atom. The van der Waals surface area contributed by atoms with Gasteiger partial charge in [-0.3, -0.25) is 4.79 Å². The molecule has 0 amide bonds. The Morgan fingerprint density at radius 1 is 0.850 bits per heavy atom. The molecule has 3 nitrogen and oxygen atoms in total. The highest BCUT2D eigenvalue weighted by atomic mass is 16.3. The second-order valence-electron chi connectivity index (χ2n) is 4.23. The fourth-order valence-electron chi connectivity index (χ4n) is 1.58. The number of hydrogen-bond acceptors (Lipinski definition) is 3. The molecule has 0 aliphatic carbocycles. The van der Waals surface area contributed by atoms with Gasteiger partial charge in [-0.1, -0.05) is 48.6 Å².